The number of halogens is 1. The molecule has 0 unspecified atom stereocenters. The molecule has 0 heterocycles. The van der Waals surface area contributed by atoms with E-state index in [-0.39, 0.29) is 24.7 Å². The van der Waals surface area contributed by atoms with E-state index in [9.17, 15) is 9.59 Å². The van der Waals surface area contributed by atoms with Crippen molar-refractivity contribution in [2.24, 2.45) is 5.10 Å². The highest BCUT2D eigenvalue weighted by molar-refractivity contribution is 14.1. The highest BCUT2D eigenvalue weighted by Gasteiger charge is 2.12. The molecule has 2 aromatic carbocycles. The minimum absolute atomic E-state index is 0.00382. The van der Waals surface area contributed by atoms with Crippen LogP contribution in [0.1, 0.15) is 38.7 Å². The highest BCUT2D eigenvalue weighted by atomic mass is 127. The molecule has 2 rings (SSSR count). The Morgan fingerprint density at radius 3 is 2.53 bits per heavy atom. The zero-order chi connectivity index (χ0) is 23.3. The molecule has 32 heavy (non-hydrogen) atoms. The summed E-state index contributed by atoms with van der Waals surface area (Å²) in [6, 6.07) is 10.8. The monoisotopic (exact) mass is 553 g/mol. The Bertz CT molecular complexity index is 949. The number of anilines is 1. The van der Waals surface area contributed by atoms with E-state index >= 15 is 0 Å². The fourth-order valence-electron chi connectivity index (χ4n) is 2.69. The number of rotatable bonds is 12. The van der Waals surface area contributed by atoms with Gasteiger partial charge in [0.25, 0.3) is 0 Å². The molecule has 0 bridgehead atoms. The number of carbonyl (C=O) groups is 2. The number of ether oxygens (including phenoxy) is 3. The Morgan fingerprint density at radius 2 is 1.81 bits per heavy atom. The zero-order valence-corrected chi connectivity index (χ0v) is 20.6. The van der Waals surface area contributed by atoms with Crippen molar-refractivity contribution >= 4 is 46.3 Å². The van der Waals surface area contributed by atoms with E-state index in [1.54, 1.807) is 18.2 Å². The predicted octanol–water partition coefficient (Wildman–Crippen LogP) is 4.36. The van der Waals surface area contributed by atoms with E-state index in [1.807, 2.05) is 32.0 Å². The number of nitrogens with zero attached hydrogens (tertiary/aromatic N) is 1. The van der Waals surface area contributed by atoms with Gasteiger partial charge in [0.15, 0.2) is 11.5 Å². The summed E-state index contributed by atoms with van der Waals surface area (Å²) in [7, 11) is 1.53. The number of nitrogens with one attached hydrogen (secondary N) is 2. The summed E-state index contributed by atoms with van der Waals surface area (Å²) in [4.78, 5) is 24.2. The largest absolute Gasteiger partial charge is 0.495 e. The van der Waals surface area contributed by atoms with Crippen molar-refractivity contribution in [2.45, 2.75) is 33.1 Å². The maximum atomic E-state index is 12.1. The maximum Gasteiger partial charge on any atom is 0.240 e. The summed E-state index contributed by atoms with van der Waals surface area (Å²) in [5, 5.41) is 6.72. The summed E-state index contributed by atoms with van der Waals surface area (Å²) < 4.78 is 17.6. The van der Waals surface area contributed by atoms with Crippen molar-refractivity contribution in [3.63, 3.8) is 0 Å². The predicted molar refractivity (Wildman–Crippen MR) is 133 cm³/mol. The molecule has 172 valence electrons. The van der Waals surface area contributed by atoms with Crippen molar-refractivity contribution in [3.8, 4) is 17.2 Å². The summed E-state index contributed by atoms with van der Waals surface area (Å²) in [6.07, 6.45) is 2.45. The molecule has 0 aliphatic carbocycles. The normalized spacial score (nSPS) is 10.6. The van der Waals surface area contributed by atoms with E-state index in [0.717, 1.165) is 15.6 Å². The van der Waals surface area contributed by atoms with Crippen molar-refractivity contribution in [3.05, 3.63) is 45.5 Å². The van der Waals surface area contributed by atoms with E-state index in [4.69, 9.17) is 14.2 Å². The summed E-state index contributed by atoms with van der Waals surface area (Å²) in [6.45, 7) is 5.05. The Hall–Kier alpha value is -2.82. The number of hydrogen-bond acceptors (Lipinski definition) is 6. The molecule has 0 saturated carbocycles. The molecule has 2 aromatic rings. The molecule has 0 saturated heterocycles. The summed E-state index contributed by atoms with van der Waals surface area (Å²) >= 11 is 2.18. The molecule has 0 aromatic heterocycles. The van der Waals surface area contributed by atoms with E-state index < -0.39 is 0 Å². The van der Waals surface area contributed by atoms with Crippen molar-refractivity contribution in [1.29, 1.82) is 0 Å². The number of hydrazone groups is 1. The average molecular weight is 553 g/mol. The van der Waals surface area contributed by atoms with Crippen LogP contribution in [0.25, 0.3) is 0 Å². The number of methoxy groups -OCH3 is 1. The van der Waals surface area contributed by atoms with Crippen LogP contribution in [0, 0.1) is 3.57 Å². The van der Waals surface area contributed by atoms with Gasteiger partial charge in [-0.2, -0.15) is 5.10 Å². The Labute approximate surface area is 201 Å². The Balaban J connectivity index is 1.89. The number of benzene rings is 2. The van der Waals surface area contributed by atoms with Crippen molar-refractivity contribution in [1.82, 2.24) is 5.43 Å². The maximum absolute atomic E-state index is 12.1. The molecule has 2 amide bonds. The van der Waals surface area contributed by atoms with Gasteiger partial charge in [-0.25, -0.2) is 5.43 Å². The molecular formula is C23H28IN3O5. The summed E-state index contributed by atoms with van der Waals surface area (Å²) in [5.41, 5.74) is 3.76. The molecule has 9 heteroatoms. The van der Waals surface area contributed by atoms with Gasteiger partial charge < -0.3 is 19.5 Å². The van der Waals surface area contributed by atoms with E-state index in [1.165, 1.54) is 13.3 Å². The molecular weight excluding hydrogens is 525 g/mol. The topological polar surface area (TPSA) is 98.2 Å². The van der Waals surface area contributed by atoms with Crippen LogP contribution in [0.5, 0.6) is 17.2 Å². The van der Waals surface area contributed by atoms with Gasteiger partial charge in [0.2, 0.25) is 11.8 Å². The third kappa shape index (κ3) is 8.03. The van der Waals surface area contributed by atoms with E-state index in [0.29, 0.717) is 36.1 Å². The second-order valence-electron chi connectivity index (χ2n) is 6.65. The molecule has 0 spiro atoms. The van der Waals surface area contributed by atoms with Gasteiger partial charge in [0.1, 0.15) is 5.75 Å². The van der Waals surface area contributed by atoms with Gasteiger partial charge in [0, 0.05) is 12.8 Å². The average Bonchev–Trinajstić information content (AvgIpc) is 2.78. The first kappa shape index (κ1) is 25.4. The molecule has 0 aliphatic heterocycles. The number of hydrogen-bond donors (Lipinski definition) is 2. The third-order valence-corrected chi connectivity index (χ3v) is 4.95. The van der Waals surface area contributed by atoms with Gasteiger partial charge in [-0.05, 0) is 65.8 Å². The lowest BCUT2D eigenvalue weighted by Crippen LogP contribution is -2.20. The molecule has 0 radical (unpaired) electrons. The molecule has 2 N–H and O–H groups in total. The number of amides is 2. The van der Waals surface area contributed by atoms with Crippen LogP contribution in [-0.2, 0) is 9.59 Å². The SMILES string of the molecule is CCCOc1c(I)cc(C=NNC(=O)CCC(=O)Nc2ccccc2OC)cc1OCC. The quantitative estimate of drug-likeness (QED) is 0.231. The highest BCUT2D eigenvalue weighted by Crippen LogP contribution is 2.34. The van der Waals surface area contributed by atoms with Crippen LogP contribution in [0.2, 0.25) is 0 Å². The molecule has 0 atom stereocenters. The van der Waals surface area contributed by atoms with Gasteiger partial charge in [-0.15, -0.1) is 0 Å². The van der Waals surface area contributed by atoms with Crippen LogP contribution in [0.15, 0.2) is 41.5 Å². The molecule has 0 aliphatic rings. The number of carbonyl (C=O) groups excluding carboxylic acids is 2. The van der Waals surface area contributed by atoms with Crippen LogP contribution >= 0.6 is 22.6 Å². The second-order valence-corrected chi connectivity index (χ2v) is 7.82. The minimum atomic E-state index is -0.362. The first-order valence-electron chi connectivity index (χ1n) is 10.3. The van der Waals surface area contributed by atoms with Gasteiger partial charge in [0.05, 0.1) is 35.8 Å². The second kappa shape index (κ2) is 13.6. The number of para-hydroxylation sites is 2. The van der Waals surface area contributed by atoms with Crippen LogP contribution in [0.3, 0.4) is 0 Å². The molecule has 0 fully saturated rings. The standard InChI is InChI=1S/C23H28IN3O5/c1-4-12-32-23-17(24)13-16(14-20(23)31-5-2)15-25-27-22(29)11-10-21(28)26-18-8-6-7-9-19(18)30-3/h6-9,13-15H,4-5,10-12H2,1-3H3,(H,26,28)(H,27,29). The van der Waals surface area contributed by atoms with Crippen molar-refractivity contribution < 1.29 is 23.8 Å². The summed E-state index contributed by atoms with van der Waals surface area (Å²) in [5.74, 6) is 1.25. The van der Waals surface area contributed by atoms with Crippen LogP contribution in [-0.4, -0.2) is 38.4 Å². The Morgan fingerprint density at radius 1 is 1.06 bits per heavy atom. The van der Waals surface area contributed by atoms with Gasteiger partial charge in [-0.1, -0.05) is 19.1 Å². The first-order chi connectivity index (χ1) is 15.5. The Kier molecular flexibility index (Phi) is 10.8. The van der Waals surface area contributed by atoms with Crippen LogP contribution < -0.4 is 25.0 Å². The van der Waals surface area contributed by atoms with Gasteiger partial charge >= 0.3 is 0 Å². The fraction of sp³-hybridized carbons (Fsp3) is 0.348. The smallest absolute Gasteiger partial charge is 0.240 e. The fourth-order valence-corrected chi connectivity index (χ4v) is 3.47. The lowest BCUT2D eigenvalue weighted by Gasteiger charge is -2.14. The lowest BCUT2D eigenvalue weighted by molar-refractivity contribution is -0.124. The van der Waals surface area contributed by atoms with Crippen molar-refractivity contribution in [2.75, 3.05) is 25.6 Å². The molecule has 8 nitrogen and oxygen atoms in total. The zero-order valence-electron chi connectivity index (χ0n) is 18.4. The van der Waals surface area contributed by atoms with Crippen LogP contribution in [0.4, 0.5) is 5.69 Å². The van der Waals surface area contributed by atoms with E-state index in [2.05, 4.69) is 38.4 Å². The minimum Gasteiger partial charge on any atom is -0.495 e. The van der Waals surface area contributed by atoms with Gasteiger partial charge in [-0.3, -0.25) is 9.59 Å². The lowest BCUT2D eigenvalue weighted by atomic mass is 10.2. The third-order valence-electron chi connectivity index (χ3n) is 4.15. The first-order valence-corrected chi connectivity index (χ1v) is 11.4.